The van der Waals surface area contributed by atoms with Crippen LogP contribution < -0.4 is 10.6 Å². The van der Waals surface area contributed by atoms with E-state index >= 15 is 0 Å². The first-order valence-electron chi connectivity index (χ1n) is 15.1. The molecule has 0 bridgehead atoms. The number of amides is 2. The molecular formula is C30H58N2O4. The zero-order valence-corrected chi connectivity index (χ0v) is 24.1. The van der Waals surface area contributed by atoms with Crippen LogP contribution in [-0.4, -0.2) is 36.5 Å². The number of unbranched alkanes of at least 4 members (excludes halogenated alkanes) is 15. The molecule has 0 aromatic rings. The standard InChI is InChI=1S/C30H58N2O4/c1-5-6-7-8-9-10-11-12-13-14-15-16-17-18-19-20-21-36-28(35)31-25-30(4)23-26(32-27(33)34)22-29(2,3)24-30/h26,32H,5-25H2,1-4H3,(H,31,35)(H,33,34). The summed E-state index contributed by atoms with van der Waals surface area (Å²) in [5, 5.41) is 14.7. The monoisotopic (exact) mass is 510 g/mol. The molecule has 212 valence electrons. The summed E-state index contributed by atoms with van der Waals surface area (Å²) < 4.78 is 5.38. The summed E-state index contributed by atoms with van der Waals surface area (Å²) in [5.74, 6) is 0. The van der Waals surface area contributed by atoms with Crippen molar-refractivity contribution < 1.29 is 19.4 Å². The highest BCUT2D eigenvalue weighted by atomic mass is 16.5. The predicted octanol–water partition coefficient (Wildman–Crippen LogP) is 8.83. The lowest BCUT2D eigenvalue weighted by molar-refractivity contribution is 0.0662. The summed E-state index contributed by atoms with van der Waals surface area (Å²) in [6.45, 7) is 9.70. The molecule has 2 atom stereocenters. The van der Waals surface area contributed by atoms with Gasteiger partial charge in [-0.3, -0.25) is 0 Å². The summed E-state index contributed by atoms with van der Waals surface area (Å²) in [6, 6.07) is -0.0841. The van der Waals surface area contributed by atoms with Crippen LogP contribution in [0.15, 0.2) is 0 Å². The minimum atomic E-state index is -0.980. The third-order valence-corrected chi connectivity index (χ3v) is 7.66. The number of hydrogen-bond donors (Lipinski definition) is 3. The Kier molecular flexibility index (Phi) is 16.9. The van der Waals surface area contributed by atoms with Crippen LogP contribution >= 0.6 is 0 Å². The van der Waals surface area contributed by atoms with Gasteiger partial charge in [0.25, 0.3) is 0 Å². The lowest BCUT2D eigenvalue weighted by Crippen LogP contribution is -2.50. The summed E-state index contributed by atoms with van der Waals surface area (Å²) in [7, 11) is 0. The molecule has 1 aliphatic carbocycles. The Bertz CT molecular complexity index is 595. The van der Waals surface area contributed by atoms with Crippen molar-refractivity contribution in [2.75, 3.05) is 13.2 Å². The topological polar surface area (TPSA) is 87.7 Å². The number of ether oxygens (including phenoxy) is 1. The molecule has 1 aliphatic rings. The molecule has 6 heteroatoms. The maximum atomic E-state index is 12.2. The maximum absolute atomic E-state index is 12.2. The number of nitrogens with one attached hydrogen (secondary N) is 2. The van der Waals surface area contributed by atoms with Crippen LogP contribution in [0, 0.1) is 10.8 Å². The lowest BCUT2D eigenvalue weighted by Gasteiger charge is -2.46. The van der Waals surface area contributed by atoms with Crippen LogP contribution in [-0.2, 0) is 4.74 Å². The van der Waals surface area contributed by atoms with Crippen molar-refractivity contribution in [2.45, 2.75) is 156 Å². The van der Waals surface area contributed by atoms with E-state index in [1.807, 2.05) is 0 Å². The van der Waals surface area contributed by atoms with Gasteiger partial charge < -0.3 is 20.5 Å². The summed E-state index contributed by atoms with van der Waals surface area (Å²) >= 11 is 0. The molecule has 0 spiro atoms. The van der Waals surface area contributed by atoms with Crippen molar-refractivity contribution in [3.8, 4) is 0 Å². The fourth-order valence-electron chi connectivity index (χ4n) is 6.20. The van der Waals surface area contributed by atoms with Gasteiger partial charge in [0.1, 0.15) is 0 Å². The van der Waals surface area contributed by atoms with Gasteiger partial charge >= 0.3 is 12.2 Å². The van der Waals surface area contributed by atoms with Crippen molar-refractivity contribution in [1.82, 2.24) is 10.6 Å². The van der Waals surface area contributed by atoms with E-state index in [1.54, 1.807) is 0 Å². The maximum Gasteiger partial charge on any atom is 0.407 e. The van der Waals surface area contributed by atoms with Crippen molar-refractivity contribution in [3.63, 3.8) is 0 Å². The SMILES string of the molecule is CCCCCCCCCCCCCCCCCCOC(=O)NCC1(C)CC(NC(=O)O)CC(C)(C)C1. The predicted molar refractivity (Wildman–Crippen MR) is 150 cm³/mol. The molecule has 1 rings (SSSR count). The van der Waals surface area contributed by atoms with E-state index in [2.05, 4.69) is 38.3 Å². The molecule has 1 saturated carbocycles. The van der Waals surface area contributed by atoms with Gasteiger partial charge in [-0.25, -0.2) is 9.59 Å². The normalized spacial score (nSPS) is 21.2. The molecule has 3 N–H and O–H groups in total. The smallest absolute Gasteiger partial charge is 0.407 e. The average Bonchev–Trinajstić information content (AvgIpc) is 2.78. The number of carbonyl (C=O) groups excluding carboxylic acids is 1. The van der Waals surface area contributed by atoms with Crippen molar-refractivity contribution in [2.24, 2.45) is 10.8 Å². The quantitative estimate of drug-likeness (QED) is 0.143. The molecule has 2 unspecified atom stereocenters. The Labute approximate surface area is 222 Å². The first-order chi connectivity index (χ1) is 17.2. The van der Waals surface area contributed by atoms with Gasteiger partial charge in [-0.05, 0) is 36.5 Å². The zero-order valence-electron chi connectivity index (χ0n) is 24.1. The highest BCUT2D eigenvalue weighted by molar-refractivity contribution is 5.67. The molecule has 2 amide bonds. The molecule has 0 heterocycles. The highest BCUT2D eigenvalue weighted by Crippen LogP contribution is 2.45. The van der Waals surface area contributed by atoms with Gasteiger partial charge in [-0.1, -0.05) is 124 Å². The second-order valence-corrected chi connectivity index (χ2v) is 12.5. The molecule has 0 saturated heterocycles. The number of rotatable bonds is 20. The van der Waals surface area contributed by atoms with Crippen LogP contribution in [0.5, 0.6) is 0 Å². The summed E-state index contributed by atoms with van der Waals surface area (Å²) in [5.41, 5.74) is -0.124. The molecular weight excluding hydrogens is 452 g/mol. The highest BCUT2D eigenvalue weighted by Gasteiger charge is 2.41. The van der Waals surface area contributed by atoms with E-state index in [9.17, 15) is 9.59 Å². The van der Waals surface area contributed by atoms with Gasteiger partial charge in [0, 0.05) is 12.6 Å². The zero-order chi connectivity index (χ0) is 26.7. The summed E-state index contributed by atoms with van der Waals surface area (Å²) in [4.78, 5) is 23.3. The molecule has 0 aliphatic heterocycles. The van der Waals surface area contributed by atoms with E-state index in [4.69, 9.17) is 9.84 Å². The van der Waals surface area contributed by atoms with E-state index in [0.717, 1.165) is 32.1 Å². The fraction of sp³-hybridized carbons (Fsp3) is 0.933. The Balaban J connectivity index is 1.97. The van der Waals surface area contributed by atoms with E-state index < -0.39 is 6.09 Å². The van der Waals surface area contributed by atoms with Crippen LogP contribution in [0.25, 0.3) is 0 Å². The second kappa shape index (κ2) is 18.7. The van der Waals surface area contributed by atoms with E-state index in [0.29, 0.717) is 13.2 Å². The molecule has 36 heavy (non-hydrogen) atoms. The van der Waals surface area contributed by atoms with Crippen LogP contribution in [0.1, 0.15) is 150 Å². The van der Waals surface area contributed by atoms with Crippen molar-refractivity contribution in [3.05, 3.63) is 0 Å². The number of carboxylic acid groups (broad SMARTS) is 1. The Morgan fingerprint density at radius 2 is 1.25 bits per heavy atom. The third kappa shape index (κ3) is 17.1. The van der Waals surface area contributed by atoms with Crippen LogP contribution in [0.3, 0.4) is 0 Å². The molecule has 1 fully saturated rings. The Morgan fingerprint density at radius 1 is 0.778 bits per heavy atom. The average molecular weight is 511 g/mol. The first kappa shape index (κ1) is 32.6. The van der Waals surface area contributed by atoms with E-state index in [-0.39, 0.29) is 23.0 Å². The largest absolute Gasteiger partial charge is 0.465 e. The van der Waals surface area contributed by atoms with Gasteiger partial charge in [0.2, 0.25) is 0 Å². The Hall–Kier alpha value is -1.46. The molecule has 0 aromatic heterocycles. The number of hydrogen-bond acceptors (Lipinski definition) is 3. The Morgan fingerprint density at radius 3 is 1.72 bits per heavy atom. The van der Waals surface area contributed by atoms with Gasteiger partial charge in [0.05, 0.1) is 6.61 Å². The fourth-order valence-corrected chi connectivity index (χ4v) is 6.20. The van der Waals surface area contributed by atoms with Crippen molar-refractivity contribution >= 4 is 12.2 Å². The molecule has 0 radical (unpaired) electrons. The van der Waals surface area contributed by atoms with Crippen molar-refractivity contribution in [1.29, 1.82) is 0 Å². The van der Waals surface area contributed by atoms with Gasteiger partial charge in [0.15, 0.2) is 0 Å². The molecule has 0 aromatic carbocycles. The molecule has 6 nitrogen and oxygen atoms in total. The van der Waals surface area contributed by atoms with Crippen LogP contribution in [0.2, 0.25) is 0 Å². The lowest BCUT2D eigenvalue weighted by atomic mass is 9.62. The van der Waals surface area contributed by atoms with E-state index in [1.165, 1.54) is 89.9 Å². The second-order valence-electron chi connectivity index (χ2n) is 12.5. The summed E-state index contributed by atoms with van der Waals surface area (Å²) in [6.07, 6.45) is 22.4. The van der Waals surface area contributed by atoms with Gasteiger partial charge in [-0.2, -0.15) is 0 Å². The third-order valence-electron chi connectivity index (χ3n) is 7.66. The first-order valence-corrected chi connectivity index (χ1v) is 15.1. The minimum absolute atomic E-state index is 0.0270. The van der Waals surface area contributed by atoms with Gasteiger partial charge in [-0.15, -0.1) is 0 Å². The van der Waals surface area contributed by atoms with Crippen LogP contribution in [0.4, 0.5) is 9.59 Å². The minimum Gasteiger partial charge on any atom is -0.465 e. The number of alkyl carbamates (subject to hydrolysis) is 1. The number of carbonyl (C=O) groups is 2.